The topological polar surface area (TPSA) is 38.3 Å². The molecule has 1 rings (SSSR count). The molecule has 3 nitrogen and oxygen atoms in total. The van der Waals surface area contributed by atoms with E-state index in [-0.39, 0.29) is 5.91 Å². The number of ether oxygens (including phenoxy) is 1. The van der Waals surface area contributed by atoms with E-state index < -0.39 is 0 Å². The van der Waals surface area contributed by atoms with Crippen LogP contribution in [0, 0.1) is 0 Å². The molecule has 0 atom stereocenters. The number of amides is 1. The molecule has 1 aromatic carbocycles. The second-order valence-electron chi connectivity index (χ2n) is 3.38. The molecule has 0 aliphatic carbocycles. The monoisotopic (exact) mass is 239 g/mol. The first-order valence-corrected chi connectivity index (χ1v) is 6.52. The van der Waals surface area contributed by atoms with Gasteiger partial charge < -0.3 is 10.1 Å². The summed E-state index contributed by atoms with van der Waals surface area (Å²) in [5.41, 5.74) is 1.93. The number of carbonyl (C=O) groups is 1. The van der Waals surface area contributed by atoms with Gasteiger partial charge in [0.2, 0.25) is 0 Å². The zero-order valence-corrected chi connectivity index (χ0v) is 10.5. The van der Waals surface area contributed by atoms with Gasteiger partial charge in [0.1, 0.15) is 0 Å². The van der Waals surface area contributed by atoms with Crippen LogP contribution in [0.15, 0.2) is 24.3 Å². The fraction of sp³-hybridized carbons (Fsp3) is 0.417. The van der Waals surface area contributed by atoms with Gasteiger partial charge in [0.25, 0.3) is 5.91 Å². The summed E-state index contributed by atoms with van der Waals surface area (Å²) >= 11 is 1.77. The Morgan fingerprint density at radius 3 is 2.62 bits per heavy atom. The molecule has 0 aliphatic heterocycles. The van der Waals surface area contributed by atoms with Crippen LogP contribution >= 0.6 is 11.8 Å². The van der Waals surface area contributed by atoms with Crippen LogP contribution < -0.4 is 5.32 Å². The lowest BCUT2D eigenvalue weighted by molar-refractivity contribution is 0.0937. The predicted octanol–water partition coefficient (Wildman–Crippen LogP) is 1.93. The van der Waals surface area contributed by atoms with E-state index in [0.717, 1.165) is 5.75 Å². The van der Waals surface area contributed by atoms with E-state index in [1.807, 2.05) is 24.3 Å². The Kier molecular flexibility index (Phi) is 5.96. The summed E-state index contributed by atoms with van der Waals surface area (Å²) < 4.78 is 4.86. The smallest absolute Gasteiger partial charge is 0.251 e. The minimum Gasteiger partial charge on any atom is -0.383 e. The van der Waals surface area contributed by atoms with Crippen molar-refractivity contribution in [3.05, 3.63) is 35.4 Å². The lowest BCUT2D eigenvalue weighted by atomic mass is 10.1. The van der Waals surface area contributed by atoms with E-state index in [0.29, 0.717) is 18.7 Å². The molecule has 0 spiro atoms. The van der Waals surface area contributed by atoms with Gasteiger partial charge in [-0.1, -0.05) is 12.1 Å². The lowest BCUT2D eigenvalue weighted by Crippen LogP contribution is -2.26. The fourth-order valence-corrected chi connectivity index (χ4v) is 1.81. The summed E-state index contributed by atoms with van der Waals surface area (Å²) in [5, 5.41) is 2.78. The summed E-state index contributed by atoms with van der Waals surface area (Å²) in [7, 11) is 1.61. The molecule has 0 heterocycles. The second kappa shape index (κ2) is 7.30. The van der Waals surface area contributed by atoms with E-state index in [1.165, 1.54) is 5.56 Å². The quantitative estimate of drug-likeness (QED) is 0.771. The Balaban J connectivity index is 2.49. The highest BCUT2D eigenvalue weighted by molar-refractivity contribution is 7.97. The van der Waals surface area contributed by atoms with Crippen molar-refractivity contribution in [2.24, 2.45) is 0 Å². The maximum atomic E-state index is 11.6. The van der Waals surface area contributed by atoms with Gasteiger partial charge in [-0.05, 0) is 24.0 Å². The van der Waals surface area contributed by atoms with Crippen LogP contribution in [0.5, 0.6) is 0 Å². The van der Waals surface area contributed by atoms with Crippen molar-refractivity contribution in [3.8, 4) is 0 Å². The van der Waals surface area contributed by atoms with Gasteiger partial charge >= 0.3 is 0 Å². The molecule has 1 N–H and O–H groups in total. The number of methoxy groups -OCH3 is 1. The van der Waals surface area contributed by atoms with Crippen molar-refractivity contribution in [2.45, 2.75) is 5.75 Å². The Hall–Kier alpha value is -1.00. The molecule has 0 saturated carbocycles. The maximum absolute atomic E-state index is 11.6. The number of carbonyl (C=O) groups excluding carboxylic acids is 1. The van der Waals surface area contributed by atoms with Crippen molar-refractivity contribution in [2.75, 3.05) is 26.5 Å². The molecule has 4 heteroatoms. The summed E-state index contributed by atoms with van der Waals surface area (Å²) in [4.78, 5) is 11.6. The highest BCUT2D eigenvalue weighted by Gasteiger charge is 2.03. The molecule has 88 valence electrons. The number of thioether (sulfide) groups is 1. The van der Waals surface area contributed by atoms with E-state index in [1.54, 1.807) is 18.9 Å². The highest BCUT2D eigenvalue weighted by Crippen LogP contribution is 2.10. The van der Waals surface area contributed by atoms with Gasteiger partial charge in [-0.3, -0.25) is 4.79 Å². The van der Waals surface area contributed by atoms with Gasteiger partial charge in [-0.25, -0.2) is 0 Å². The summed E-state index contributed by atoms with van der Waals surface area (Å²) in [6.45, 7) is 1.08. The third-order valence-electron chi connectivity index (χ3n) is 2.12. The number of hydrogen-bond acceptors (Lipinski definition) is 3. The molecule has 0 saturated heterocycles. The van der Waals surface area contributed by atoms with Crippen LogP contribution in [-0.4, -0.2) is 32.4 Å². The molecule has 0 aromatic heterocycles. The van der Waals surface area contributed by atoms with Gasteiger partial charge in [-0.15, -0.1) is 0 Å². The summed E-state index contributed by atoms with van der Waals surface area (Å²) in [5.74, 6) is 0.929. The maximum Gasteiger partial charge on any atom is 0.251 e. The van der Waals surface area contributed by atoms with Crippen LogP contribution in [0.2, 0.25) is 0 Å². The molecule has 0 fully saturated rings. The number of nitrogens with one attached hydrogen (secondary N) is 1. The SMILES string of the molecule is COCCNC(=O)c1ccc(CSC)cc1. The third kappa shape index (κ3) is 4.24. The number of rotatable bonds is 6. The highest BCUT2D eigenvalue weighted by atomic mass is 32.2. The molecule has 0 aliphatic rings. The molecule has 0 bridgehead atoms. The average Bonchev–Trinajstić information content (AvgIpc) is 2.30. The molecule has 0 radical (unpaired) electrons. The van der Waals surface area contributed by atoms with E-state index >= 15 is 0 Å². The van der Waals surface area contributed by atoms with Crippen LogP contribution in [-0.2, 0) is 10.5 Å². The van der Waals surface area contributed by atoms with E-state index in [4.69, 9.17) is 4.74 Å². The largest absolute Gasteiger partial charge is 0.383 e. The predicted molar refractivity (Wildman–Crippen MR) is 67.9 cm³/mol. The van der Waals surface area contributed by atoms with Gasteiger partial charge in [0, 0.05) is 25.0 Å². The summed E-state index contributed by atoms with van der Waals surface area (Å²) in [6.07, 6.45) is 2.06. The number of hydrogen-bond donors (Lipinski definition) is 1. The Bertz CT molecular complexity index is 324. The normalized spacial score (nSPS) is 10.1. The first kappa shape index (κ1) is 13.1. The average molecular weight is 239 g/mol. The van der Waals surface area contributed by atoms with E-state index in [9.17, 15) is 4.79 Å². The number of benzene rings is 1. The zero-order valence-electron chi connectivity index (χ0n) is 9.66. The molecule has 1 amide bonds. The van der Waals surface area contributed by atoms with E-state index in [2.05, 4.69) is 11.6 Å². The van der Waals surface area contributed by atoms with Crippen molar-refractivity contribution in [1.82, 2.24) is 5.32 Å². The molecule has 16 heavy (non-hydrogen) atoms. The van der Waals surface area contributed by atoms with Crippen LogP contribution in [0.1, 0.15) is 15.9 Å². The Labute approximate surface area is 101 Å². The zero-order chi connectivity index (χ0) is 11.8. The lowest BCUT2D eigenvalue weighted by Gasteiger charge is -2.05. The standard InChI is InChI=1S/C12H17NO2S/c1-15-8-7-13-12(14)11-5-3-10(4-6-11)9-16-2/h3-6H,7-9H2,1-2H3,(H,13,14). The van der Waals surface area contributed by atoms with Gasteiger partial charge in [0.05, 0.1) is 6.61 Å². The molecular formula is C12H17NO2S. The van der Waals surface area contributed by atoms with Gasteiger partial charge in [-0.2, -0.15) is 11.8 Å². The van der Waals surface area contributed by atoms with Gasteiger partial charge in [0.15, 0.2) is 0 Å². The second-order valence-corrected chi connectivity index (χ2v) is 4.24. The summed E-state index contributed by atoms with van der Waals surface area (Å²) in [6, 6.07) is 7.69. The minimum absolute atomic E-state index is 0.0484. The third-order valence-corrected chi connectivity index (χ3v) is 2.74. The molecule has 0 unspecified atom stereocenters. The minimum atomic E-state index is -0.0484. The Morgan fingerprint density at radius 1 is 1.38 bits per heavy atom. The van der Waals surface area contributed by atoms with Crippen LogP contribution in [0.25, 0.3) is 0 Å². The Morgan fingerprint density at radius 2 is 2.06 bits per heavy atom. The molecule has 1 aromatic rings. The van der Waals surface area contributed by atoms with Crippen LogP contribution in [0.4, 0.5) is 0 Å². The fourth-order valence-electron chi connectivity index (χ4n) is 1.29. The van der Waals surface area contributed by atoms with Crippen molar-refractivity contribution in [3.63, 3.8) is 0 Å². The van der Waals surface area contributed by atoms with Crippen molar-refractivity contribution >= 4 is 17.7 Å². The van der Waals surface area contributed by atoms with Crippen LogP contribution in [0.3, 0.4) is 0 Å². The first-order chi connectivity index (χ1) is 7.77. The van der Waals surface area contributed by atoms with Crippen molar-refractivity contribution in [1.29, 1.82) is 0 Å². The van der Waals surface area contributed by atoms with Crippen molar-refractivity contribution < 1.29 is 9.53 Å². The first-order valence-electron chi connectivity index (χ1n) is 5.13. The molecular weight excluding hydrogens is 222 g/mol.